The van der Waals surface area contributed by atoms with E-state index in [4.69, 9.17) is 19.2 Å². The minimum atomic E-state index is 0. The van der Waals surface area contributed by atoms with E-state index in [-0.39, 0.29) is 18.6 Å². The van der Waals surface area contributed by atoms with Gasteiger partial charge in [-0.15, -0.1) is 25.9 Å². The molecule has 0 aliphatic rings. The van der Waals surface area contributed by atoms with Crippen LogP contribution in [0.2, 0.25) is 0 Å². The van der Waals surface area contributed by atoms with Crippen molar-refractivity contribution in [2.24, 2.45) is 0 Å². The molecule has 0 heterocycles. The van der Waals surface area contributed by atoms with Gasteiger partial charge in [0.2, 0.25) is 0 Å². The van der Waals surface area contributed by atoms with E-state index in [0.717, 1.165) is 25.9 Å². The van der Waals surface area contributed by atoms with Crippen molar-refractivity contribution in [3.63, 3.8) is 0 Å². The Balaban J connectivity index is -0.000000107. The third-order valence-corrected chi connectivity index (χ3v) is 0.167. The number of hydrogen-bond acceptors (Lipinski definition) is 6. The van der Waals surface area contributed by atoms with Crippen molar-refractivity contribution in [3.8, 4) is 0 Å². The van der Waals surface area contributed by atoms with Crippen LogP contribution in [-0.4, -0.2) is 25.9 Å². The summed E-state index contributed by atoms with van der Waals surface area (Å²) in [5.41, 5.74) is 0. The van der Waals surface area contributed by atoms with Crippen molar-refractivity contribution in [2.45, 2.75) is 0 Å². The molecule has 7 heteroatoms. The molecule has 0 rings (SSSR count). The fourth-order valence-electron chi connectivity index (χ4n) is 0.0340. The largest absolute Gasteiger partial charge is 4.00 e. The van der Waals surface area contributed by atoms with E-state index in [0.29, 0.717) is 0 Å². The van der Waals surface area contributed by atoms with E-state index >= 15 is 0 Å². The Labute approximate surface area is 73.7 Å². The van der Waals surface area contributed by atoms with Crippen LogP contribution in [0.25, 0.3) is 0 Å². The van der Waals surface area contributed by atoms with Crippen molar-refractivity contribution >= 4 is 25.9 Å². The average molecular weight is 195 g/mol. The maximum absolute atomic E-state index is 8.80. The van der Waals surface area contributed by atoms with E-state index in [1.165, 1.54) is 0 Å². The standard InChI is InChI=1S/2C2O3.V/c2*3-1-5-2-4;/q2*-2;+4. The molecule has 0 aromatic heterocycles. The van der Waals surface area contributed by atoms with Crippen LogP contribution < -0.4 is 0 Å². The zero-order valence-corrected chi connectivity index (χ0v) is 6.29. The number of rotatable bonds is 4. The molecule has 0 aliphatic carbocycles. The van der Waals surface area contributed by atoms with Crippen LogP contribution in [0.15, 0.2) is 0 Å². The summed E-state index contributed by atoms with van der Waals surface area (Å²) in [6.45, 7) is 3.38. The molecule has 0 bridgehead atoms. The van der Waals surface area contributed by atoms with Gasteiger partial charge in [0.1, 0.15) is 0 Å². The van der Waals surface area contributed by atoms with E-state index in [9.17, 15) is 0 Å². The maximum atomic E-state index is 8.80. The molecule has 0 saturated heterocycles. The van der Waals surface area contributed by atoms with Gasteiger partial charge in [-0.05, 0) is 0 Å². The summed E-state index contributed by atoms with van der Waals surface area (Å²) in [4.78, 5) is 35.2. The third-order valence-electron chi connectivity index (χ3n) is 0.167. The van der Waals surface area contributed by atoms with Gasteiger partial charge in [0, 0.05) is 0 Å². The molecular formula is C4O6V. The second kappa shape index (κ2) is 23.2. The second-order valence-corrected chi connectivity index (χ2v) is 0.537. The van der Waals surface area contributed by atoms with Gasteiger partial charge in [0.05, 0.1) is 0 Å². The normalized spacial score (nSPS) is 5.09. The quantitative estimate of drug-likeness (QED) is 0.391. The van der Waals surface area contributed by atoms with Gasteiger partial charge in [-0.25, -0.2) is 0 Å². The van der Waals surface area contributed by atoms with Crippen LogP contribution in [0.3, 0.4) is 0 Å². The molecule has 0 spiro atoms. The van der Waals surface area contributed by atoms with Gasteiger partial charge in [-0.2, -0.15) is 0 Å². The molecule has 0 N–H and O–H groups in total. The summed E-state index contributed by atoms with van der Waals surface area (Å²) < 4.78 is 6.44. The summed E-state index contributed by atoms with van der Waals surface area (Å²) in [5, 5.41) is 0. The predicted octanol–water partition coefficient (Wildman–Crippen LogP) is -1.73. The van der Waals surface area contributed by atoms with Gasteiger partial charge in [-0.3, -0.25) is 0 Å². The number of carbonyl (C=O) groups excluding carboxylic acids is 4. The maximum Gasteiger partial charge on any atom is 4.00 e. The van der Waals surface area contributed by atoms with Crippen LogP contribution in [0, 0.1) is 0 Å². The Kier molecular flexibility index (Phi) is 34.6. The van der Waals surface area contributed by atoms with Crippen LogP contribution >= 0.6 is 0 Å². The molecule has 0 fully saturated rings. The van der Waals surface area contributed by atoms with Gasteiger partial charge < -0.3 is 28.7 Å². The molecule has 6 nitrogen and oxygen atoms in total. The summed E-state index contributed by atoms with van der Waals surface area (Å²) in [7, 11) is 0. The summed E-state index contributed by atoms with van der Waals surface area (Å²) >= 11 is 0. The molecule has 0 atom stereocenters. The summed E-state index contributed by atoms with van der Waals surface area (Å²) in [5.74, 6) is 0. The van der Waals surface area contributed by atoms with Crippen LogP contribution in [0.1, 0.15) is 0 Å². The minimum absolute atomic E-state index is 0. The van der Waals surface area contributed by atoms with E-state index in [1.54, 1.807) is 0 Å². The van der Waals surface area contributed by atoms with E-state index in [1.807, 2.05) is 0 Å². The van der Waals surface area contributed by atoms with E-state index < -0.39 is 0 Å². The second-order valence-electron chi connectivity index (χ2n) is 0.537. The van der Waals surface area contributed by atoms with Crippen molar-refractivity contribution in [2.75, 3.05) is 0 Å². The molecule has 1 radical (unpaired) electrons. The van der Waals surface area contributed by atoms with E-state index in [2.05, 4.69) is 9.47 Å². The first-order valence-corrected chi connectivity index (χ1v) is 1.63. The van der Waals surface area contributed by atoms with Crippen molar-refractivity contribution < 1.29 is 47.2 Å². The first-order chi connectivity index (χ1) is 4.83. The smallest absolute Gasteiger partial charge is 0.783 e. The Morgan fingerprint density at radius 3 is 0.818 bits per heavy atom. The molecule has 0 unspecified atom stereocenters. The summed E-state index contributed by atoms with van der Waals surface area (Å²) in [6.07, 6.45) is 0. The molecule has 0 amide bonds. The average Bonchev–Trinajstić information content (AvgIpc) is 1.93. The predicted molar refractivity (Wildman–Crippen MR) is 24.9 cm³/mol. The fraction of sp³-hybridized carbons (Fsp3) is 0. The van der Waals surface area contributed by atoms with Crippen LogP contribution in [0.4, 0.5) is 0 Å². The molecule has 0 aliphatic heterocycles. The molecule has 0 saturated carbocycles. The van der Waals surface area contributed by atoms with Gasteiger partial charge in [0.25, 0.3) is 0 Å². The SMILES string of the molecule is O=[C-]O[C-]=O.O=[C-]O[C-]=O.[V+4]. The zero-order chi connectivity index (χ0) is 8.24. The van der Waals surface area contributed by atoms with Crippen LogP contribution in [-0.2, 0) is 47.2 Å². The Morgan fingerprint density at radius 1 is 0.636 bits per heavy atom. The Bertz CT molecular complexity index is 87.1. The molecule has 11 heavy (non-hydrogen) atoms. The van der Waals surface area contributed by atoms with Crippen molar-refractivity contribution in [1.29, 1.82) is 0 Å². The fourth-order valence-corrected chi connectivity index (χ4v) is 0.0340. The first-order valence-electron chi connectivity index (χ1n) is 1.63. The molecule has 57 valence electrons. The van der Waals surface area contributed by atoms with Gasteiger partial charge in [0.15, 0.2) is 0 Å². The summed E-state index contributed by atoms with van der Waals surface area (Å²) in [6, 6.07) is 0. The van der Waals surface area contributed by atoms with Crippen molar-refractivity contribution in [3.05, 3.63) is 0 Å². The zero-order valence-electron chi connectivity index (χ0n) is 4.90. The third kappa shape index (κ3) is 50.9. The molecule has 0 aromatic carbocycles. The molecular weight excluding hydrogens is 195 g/mol. The minimum Gasteiger partial charge on any atom is -0.783 e. The van der Waals surface area contributed by atoms with Crippen molar-refractivity contribution in [1.82, 2.24) is 0 Å². The first kappa shape index (κ1) is 16.4. The molecule has 0 aromatic rings. The Morgan fingerprint density at radius 2 is 0.818 bits per heavy atom. The topological polar surface area (TPSA) is 86.7 Å². The Hall–Kier alpha value is -1.14. The van der Waals surface area contributed by atoms with Crippen LogP contribution in [0.5, 0.6) is 0 Å². The van der Waals surface area contributed by atoms with Gasteiger partial charge >= 0.3 is 18.6 Å². The van der Waals surface area contributed by atoms with Gasteiger partial charge in [-0.1, -0.05) is 0 Å². The monoisotopic (exact) mass is 195 g/mol. The number of hydrogen-bond donors (Lipinski definition) is 0. The number of ether oxygens (including phenoxy) is 2.